The molecular weight excluding hydrogens is 366 g/mol. The van der Waals surface area contributed by atoms with Gasteiger partial charge >= 0.3 is 6.01 Å². The Labute approximate surface area is 168 Å². The number of amides is 1. The number of aryl methyl sites for hydroxylation is 2. The SMILES string of the molecule is Cc1ccnc(Oc2ccc(NC(=O)c3cn(-c4ccccc4)nc3C)cc2)n1. The van der Waals surface area contributed by atoms with E-state index in [-0.39, 0.29) is 11.9 Å². The number of aromatic nitrogens is 4. The highest BCUT2D eigenvalue weighted by Crippen LogP contribution is 2.21. The first-order valence-electron chi connectivity index (χ1n) is 9.09. The van der Waals surface area contributed by atoms with E-state index in [1.807, 2.05) is 44.2 Å². The minimum absolute atomic E-state index is 0.222. The smallest absolute Gasteiger partial charge is 0.322 e. The summed E-state index contributed by atoms with van der Waals surface area (Å²) in [6.07, 6.45) is 3.37. The van der Waals surface area contributed by atoms with E-state index in [9.17, 15) is 4.79 Å². The summed E-state index contributed by atoms with van der Waals surface area (Å²) in [5.74, 6) is 0.363. The summed E-state index contributed by atoms with van der Waals surface area (Å²) in [6, 6.07) is 18.8. The highest BCUT2D eigenvalue weighted by Gasteiger charge is 2.14. The Morgan fingerprint density at radius 3 is 2.48 bits per heavy atom. The molecule has 0 spiro atoms. The molecule has 0 bridgehead atoms. The molecule has 29 heavy (non-hydrogen) atoms. The molecule has 0 aliphatic heterocycles. The van der Waals surface area contributed by atoms with Crippen molar-refractivity contribution in [1.82, 2.24) is 19.7 Å². The van der Waals surface area contributed by atoms with Gasteiger partial charge in [0.2, 0.25) is 0 Å². The third kappa shape index (κ3) is 4.30. The Morgan fingerprint density at radius 1 is 1.00 bits per heavy atom. The number of nitrogens with zero attached hydrogens (tertiary/aromatic N) is 4. The average molecular weight is 385 g/mol. The monoisotopic (exact) mass is 385 g/mol. The first kappa shape index (κ1) is 18.4. The quantitative estimate of drug-likeness (QED) is 0.553. The van der Waals surface area contributed by atoms with Crippen LogP contribution in [0, 0.1) is 13.8 Å². The summed E-state index contributed by atoms with van der Waals surface area (Å²) < 4.78 is 7.32. The third-order valence-electron chi connectivity index (χ3n) is 4.26. The number of rotatable bonds is 5. The Kier molecular flexibility index (Phi) is 5.03. The van der Waals surface area contributed by atoms with Crippen LogP contribution in [0.3, 0.4) is 0 Å². The molecule has 2 aromatic carbocycles. The first-order chi connectivity index (χ1) is 14.1. The molecule has 1 amide bonds. The fraction of sp³-hybridized carbons (Fsp3) is 0.0909. The summed E-state index contributed by atoms with van der Waals surface area (Å²) in [7, 11) is 0. The zero-order valence-corrected chi connectivity index (χ0v) is 16.0. The van der Waals surface area contributed by atoms with Crippen LogP contribution in [0.1, 0.15) is 21.7 Å². The molecule has 0 aliphatic carbocycles. The van der Waals surface area contributed by atoms with Crippen molar-refractivity contribution in [3.63, 3.8) is 0 Å². The predicted octanol–water partition coefficient (Wildman–Crippen LogP) is 4.32. The van der Waals surface area contributed by atoms with Crippen LogP contribution in [0.25, 0.3) is 5.69 Å². The minimum Gasteiger partial charge on any atom is -0.424 e. The molecule has 1 N–H and O–H groups in total. The van der Waals surface area contributed by atoms with Gasteiger partial charge in [-0.2, -0.15) is 5.10 Å². The first-order valence-corrected chi connectivity index (χ1v) is 9.09. The molecule has 2 aromatic heterocycles. The molecule has 7 heteroatoms. The minimum atomic E-state index is -0.222. The molecule has 2 heterocycles. The van der Waals surface area contributed by atoms with Crippen molar-refractivity contribution < 1.29 is 9.53 Å². The van der Waals surface area contributed by atoms with Gasteiger partial charge in [0, 0.05) is 23.8 Å². The van der Waals surface area contributed by atoms with Crippen molar-refractivity contribution in [2.75, 3.05) is 5.32 Å². The number of carbonyl (C=O) groups is 1. The van der Waals surface area contributed by atoms with Crippen LogP contribution < -0.4 is 10.1 Å². The van der Waals surface area contributed by atoms with Gasteiger partial charge in [-0.05, 0) is 56.3 Å². The van der Waals surface area contributed by atoms with E-state index < -0.39 is 0 Å². The Hall–Kier alpha value is -4.00. The van der Waals surface area contributed by atoms with Gasteiger partial charge < -0.3 is 10.1 Å². The van der Waals surface area contributed by atoms with E-state index in [1.165, 1.54) is 0 Å². The molecule has 0 radical (unpaired) electrons. The van der Waals surface area contributed by atoms with Gasteiger partial charge in [0.25, 0.3) is 5.91 Å². The van der Waals surface area contributed by atoms with E-state index >= 15 is 0 Å². The molecule has 0 atom stereocenters. The van der Waals surface area contributed by atoms with Gasteiger partial charge in [-0.15, -0.1) is 0 Å². The van der Waals surface area contributed by atoms with E-state index in [0.29, 0.717) is 22.7 Å². The van der Waals surface area contributed by atoms with Crippen LogP contribution in [-0.2, 0) is 0 Å². The van der Waals surface area contributed by atoms with Crippen molar-refractivity contribution in [2.45, 2.75) is 13.8 Å². The van der Waals surface area contributed by atoms with Crippen LogP contribution in [0.2, 0.25) is 0 Å². The molecule has 4 rings (SSSR count). The Balaban J connectivity index is 1.45. The largest absolute Gasteiger partial charge is 0.424 e. The predicted molar refractivity (Wildman–Crippen MR) is 110 cm³/mol. The summed E-state index contributed by atoms with van der Waals surface area (Å²) in [5.41, 5.74) is 3.55. The normalized spacial score (nSPS) is 10.6. The fourth-order valence-electron chi connectivity index (χ4n) is 2.78. The number of hydrogen-bond acceptors (Lipinski definition) is 5. The second-order valence-corrected chi connectivity index (χ2v) is 6.47. The van der Waals surface area contributed by atoms with Gasteiger partial charge in [0.15, 0.2) is 0 Å². The van der Waals surface area contributed by atoms with E-state index in [4.69, 9.17) is 4.74 Å². The molecule has 0 fully saturated rings. The van der Waals surface area contributed by atoms with Crippen molar-refractivity contribution >= 4 is 11.6 Å². The summed E-state index contributed by atoms with van der Waals surface area (Å²) >= 11 is 0. The van der Waals surface area contributed by atoms with Gasteiger partial charge in [0.1, 0.15) is 5.75 Å². The lowest BCUT2D eigenvalue weighted by atomic mass is 10.2. The lowest BCUT2D eigenvalue weighted by Gasteiger charge is -2.07. The van der Waals surface area contributed by atoms with Gasteiger partial charge in [-0.25, -0.2) is 14.6 Å². The second-order valence-electron chi connectivity index (χ2n) is 6.47. The summed E-state index contributed by atoms with van der Waals surface area (Å²) in [5, 5.41) is 7.32. The Morgan fingerprint density at radius 2 is 1.76 bits per heavy atom. The van der Waals surface area contributed by atoms with E-state index in [1.54, 1.807) is 47.4 Å². The molecular formula is C22H19N5O2. The second kappa shape index (κ2) is 7.93. The average Bonchev–Trinajstić information content (AvgIpc) is 3.12. The number of benzene rings is 2. The van der Waals surface area contributed by atoms with Crippen LogP contribution in [0.15, 0.2) is 73.1 Å². The van der Waals surface area contributed by atoms with E-state index in [0.717, 1.165) is 11.4 Å². The lowest BCUT2D eigenvalue weighted by molar-refractivity contribution is 0.102. The van der Waals surface area contributed by atoms with E-state index in [2.05, 4.69) is 20.4 Å². The Bertz CT molecular complexity index is 1140. The lowest BCUT2D eigenvalue weighted by Crippen LogP contribution is -2.12. The van der Waals surface area contributed by atoms with Crippen molar-refractivity contribution in [3.8, 4) is 17.4 Å². The highest BCUT2D eigenvalue weighted by molar-refractivity contribution is 6.04. The maximum Gasteiger partial charge on any atom is 0.322 e. The molecule has 0 saturated carbocycles. The summed E-state index contributed by atoms with van der Waals surface area (Å²) in [4.78, 5) is 21.0. The molecule has 0 unspecified atom stereocenters. The van der Waals surface area contributed by atoms with Gasteiger partial charge in [-0.1, -0.05) is 18.2 Å². The van der Waals surface area contributed by atoms with Gasteiger partial charge in [0.05, 0.1) is 16.9 Å². The maximum absolute atomic E-state index is 12.7. The molecule has 144 valence electrons. The highest BCUT2D eigenvalue weighted by atomic mass is 16.5. The molecule has 4 aromatic rings. The zero-order valence-electron chi connectivity index (χ0n) is 16.0. The number of ether oxygens (including phenoxy) is 1. The van der Waals surface area contributed by atoms with Crippen LogP contribution in [0.4, 0.5) is 5.69 Å². The zero-order chi connectivity index (χ0) is 20.2. The van der Waals surface area contributed by atoms with Crippen LogP contribution >= 0.6 is 0 Å². The standard InChI is InChI=1S/C22H19N5O2/c1-15-12-13-23-22(24-15)29-19-10-8-17(9-11-19)25-21(28)20-14-27(26-16(20)2)18-6-4-3-5-7-18/h3-14H,1-2H3,(H,25,28). The molecule has 7 nitrogen and oxygen atoms in total. The van der Waals surface area contributed by atoms with Crippen LogP contribution in [-0.4, -0.2) is 25.7 Å². The summed E-state index contributed by atoms with van der Waals surface area (Å²) in [6.45, 7) is 3.68. The van der Waals surface area contributed by atoms with Crippen molar-refractivity contribution in [1.29, 1.82) is 0 Å². The number of para-hydroxylation sites is 1. The number of carbonyl (C=O) groups excluding carboxylic acids is 1. The number of anilines is 1. The fourth-order valence-corrected chi connectivity index (χ4v) is 2.78. The van der Waals surface area contributed by atoms with Gasteiger partial charge in [-0.3, -0.25) is 4.79 Å². The van der Waals surface area contributed by atoms with Crippen LogP contribution in [0.5, 0.6) is 11.8 Å². The third-order valence-corrected chi connectivity index (χ3v) is 4.26. The topological polar surface area (TPSA) is 81.9 Å². The van der Waals surface area contributed by atoms with Crippen molar-refractivity contribution in [3.05, 3.63) is 90.0 Å². The molecule has 0 saturated heterocycles. The number of nitrogens with one attached hydrogen (secondary N) is 1. The molecule has 0 aliphatic rings. The van der Waals surface area contributed by atoms with Crippen molar-refractivity contribution in [2.24, 2.45) is 0 Å². The maximum atomic E-state index is 12.7. The number of hydrogen-bond donors (Lipinski definition) is 1.